The number of H-pyrrole nitrogens is 1. The summed E-state index contributed by atoms with van der Waals surface area (Å²) >= 11 is 0. The SMILES string of the molecule is Cc1[nH]ncc1C(=O)NCC(C(C)C)N(C)C. The van der Waals surface area contributed by atoms with E-state index in [-0.39, 0.29) is 5.91 Å². The molecule has 1 aromatic heterocycles. The van der Waals surface area contributed by atoms with Crippen LogP contribution in [0.25, 0.3) is 0 Å². The Bertz CT molecular complexity index is 362. The van der Waals surface area contributed by atoms with Crippen molar-refractivity contribution in [1.29, 1.82) is 0 Å². The molecule has 1 rings (SSSR count). The van der Waals surface area contributed by atoms with Gasteiger partial charge in [-0.1, -0.05) is 13.8 Å². The number of nitrogens with one attached hydrogen (secondary N) is 2. The Kier molecular flexibility index (Phi) is 4.69. The molecule has 0 aliphatic carbocycles. The summed E-state index contributed by atoms with van der Waals surface area (Å²) in [6.07, 6.45) is 1.56. The van der Waals surface area contributed by atoms with Crippen LogP contribution < -0.4 is 5.32 Å². The molecular weight excluding hydrogens is 216 g/mol. The highest BCUT2D eigenvalue weighted by Gasteiger charge is 2.18. The number of hydrogen-bond acceptors (Lipinski definition) is 3. The summed E-state index contributed by atoms with van der Waals surface area (Å²) in [6.45, 7) is 6.79. The summed E-state index contributed by atoms with van der Waals surface area (Å²) in [6, 6.07) is 0.339. The number of amides is 1. The molecule has 0 saturated carbocycles. The highest BCUT2D eigenvalue weighted by atomic mass is 16.1. The molecule has 0 saturated heterocycles. The van der Waals surface area contributed by atoms with Crippen molar-refractivity contribution < 1.29 is 4.79 Å². The van der Waals surface area contributed by atoms with Crippen molar-refractivity contribution in [2.45, 2.75) is 26.8 Å². The number of aromatic nitrogens is 2. The van der Waals surface area contributed by atoms with Gasteiger partial charge < -0.3 is 10.2 Å². The summed E-state index contributed by atoms with van der Waals surface area (Å²) in [5, 5.41) is 9.55. The molecule has 1 amide bonds. The first kappa shape index (κ1) is 13.7. The van der Waals surface area contributed by atoms with Crippen molar-refractivity contribution >= 4 is 5.91 Å². The van der Waals surface area contributed by atoms with E-state index in [1.165, 1.54) is 0 Å². The highest BCUT2D eigenvalue weighted by molar-refractivity contribution is 5.94. The lowest BCUT2D eigenvalue weighted by molar-refractivity contribution is 0.0934. The fourth-order valence-corrected chi connectivity index (χ4v) is 1.89. The minimum atomic E-state index is -0.0660. The standard InChI is InChI=1S/C12H22N4O/c1-8(2)11(16(4)5)7-13-12(17)10-6-14-15-9(10)3/h6,8,11H,7H2,1-5H3,(H,13,17)(H,14,15). The van der Waals surface area contributed by atoms with E-state index in [9.17, 15) is 4.79 Å². The first-order valence-electron chi connectivity index (χ1n) is 5.88. The zero-order valence-electron chi connectivity index (χ0n) is 11.2. The molecule has 0 aromatic carbocycles. The van der Waals surface area contributed by atoms with E-state index in [4.69, 9.17) is 0 Å². The fraction of sp³-hybridized carbons (Fsp3) is 0.667. The van der Waals surface area contributed by atoms with Crippen molar-refractivity contribution in [3.8, 4) is 0 Å². The molecule has 1 unspecified atom stereocenters. The van der Waals surface area contributed by atoms with Crippen LogP contribution >= 0.6 is 0 Å². The summed E-state index contributed by atoms with van der Waals surface area (Å²) in [7, 11) is 4.06. The number of nitrogens with zero attached hydrogens (tertiary/aromatic N) is 2. The zero-order valence-corrected chi connectivity index (χ0v) is 11.2. The summed E-state index contributed by atoms with van der Waals surface area (Å²) in [5.41, 5.74) is 1.42. The molecule has 5 heteroatoms. The van der Waals surface area contributed by atoms with Crippen molar-refractivity contribution in [3.63, 3.8) is 0 Å². The van der Waals surface area contributed by atoms with Crippen LogP contribution in [0.15, 0.2) is 6.20 Å². The number of rotatable bonds is 5. The number of aryl methyl sites for hydroxylation is 1. The smallest absolute Gasteiger partial charge is 0.254 e. The van der Waals surface area contributed by atoms with Crippen LogP contribution in [-0.2, 0) is 0 Å². The second-order valence-corrected chi connectivity index (χ2v) is 4.89. The Morgan fingerprint density at radius 1 is 1.53 bits per heavy atom. The average Bonchev–Trinajstić information content (AvgIpc) is 2.63. The van der Waals surface area contributed by atoms with Crippen molar-refractivity contribution in [2.24, 2.45) is 5.92 Å². The molecule has 5 nitrogen and oxygen atoms in total. The van der Waals surface area contributed by atoms with Crippen LogP contribution in [0.1, 0.15) is 29.9 Å². The Morgan fingerprint density at radius 3 is 2.59 bits per heavy atom. The first-order chi connectivity index (χ1) is 7.93. The van der Waals surface area contributed by atoms with Crippen LogP contribution in [0.3, 0.4) is 0 Å². The maximum atomic E-state index is 11.9. The van der Waals surface area contributed by atoms with Crippen LogP contribution in [0.2, 0.25) is 0 Å². The van der Waals surface area contributed by atoms with Gasteiger partial charge >= 0.3 is 0 Å². The quantitative estimate of drug-likeness (QED) is 0.805. The monoisotopic (exact) mass is 238 g/mol. The normalized spacial score (nSPS) is 13.1. The molecule has 1 atom stereocenters. The lowest BCUT2D eigenvalue weighted by Gasteiger charge is -2.28. The Hall–Kier alpha value is -1.36. The number of carbonyl (C=O) groups excluding carboxylic acids is 1. The Morgan fingerprint density at radius 2 is 2.18 bits per heavy atom. The van der Waals surface area contributed by atoms with Crippen LogP contribution in [0.5, 0.6) is 0 Å². The first-order valence-corrected chi connectivity index (χ1v) is 5.88. The van der Waals surface area contributed by atoms with E-state index >= 15 is 0 Å². The molecule has 0 aliphatic heterocycles. The molecule has 96 valence electrons. The summed E-state index contributed by atoms with van der Waals surface area (Å²) in [5.74, 6) is 0.430. The Balaban J connectivity index is 2.56. The largest absolute Gasteiger partial charge is 0.350 e. The van der Waals surface area contributed by atoms with Crippen molar-refractivity contribution in [3.05, 3.63) is 17.5 Å². The van der Waals surface area contributed by atoms with E-state index in [2.05, 4.69) is 34.3 Å². The molecule has 17 heavy (non-hydrogen) atoms. The molecule has 2 N–H and O–H groups in total. The number of hydrogen-bond donors (Lipinski definition) is 2. The van der Waals surface area contributed by atoms with Crippen LogP contribution in [-0.4, -0.2) is 47.7 Å². The van der Waals surface area contributed by atoms with Gasteiger partial charge in [0.25, 0.3) is 5.91 Å². The highest BCUT2D eigenvalue weighted by Crippen LogP contribution is 2.07. The van der Waals surface area contributed by atoms with Gasteiger partial charge in [0.1, 0.15) is 0 Å². The predicted molar refractivity (Wildman–Crippen MR) is 68.0 cm³/mol. The summed E-state index contributed by atoms with van der Waals surface area (Å²) in [4.78, 5) is 14.0. The topological polar surface area (TPSA) is 61.0 Å². The second kappa shape index (κ2) is 5.82. The van der Waals surface area contributed by atoms with Crippen molar-refractivity contribution in [2.75, 3.05) is 20.6 Å². The van der Waals surface area contributed by atoms with Gasteiger partial charge in [-0.3, -0.25) is 9.89 Å². The van der Waals surface area contributed by atoms with Gasteiger partial charge in [-0.25, -0.2) is 0 Å². The molecular formula is C12H22N4O. The third kappa shape index (κ3) is 3.56. The Labute approximate surface area is 103 Å². The number of likely N-dealkylation sites (N-methyl/N-ethyl adjacent to an activating group) is 1. The molecule has 1 heterocycles. The van der Waals surface area contributed by atoms with E-state index < -0.39 is 0 Å². The average molecular weight is 238 g/mol. The molecule has 0 bridgehead atoms. The van der Waals surface area contributed by atoms with E-state index in [1.54, 1.807) is 6.20 Å². The minimum absolute atomic E-state index is 0.0660. The van der Waals surface area contributed by atoms with Crippen LogP contribution in [0, 0.1) is 12.8 Å². The molecule has 0 radical (unpaired) electrons. The van der Waals surface area contributed by atoms with E-state index in [0.29, 0.717) is 24.1 Å². The van der Waals surface area contributed by atoms with Crippen molar-refractivity contribution in [1.82, 2.24) is 20.4 Å². The molecule has 1 aromatic rings. The van der Waals surface area contributed by atoms with Gasteiger partial charge in [-0.05, 0) is 26.9 Å². The molecule has 0 fully saturated rings. The second-order valence-electron chi connectivity index (χ2n) is 4.89. The van der Waals surface area contributed by atoms with Gasteiger partial charge in [-0.15, -0.1) is 0 Å². The number of aromatic amines is 1. The van der Waals surface area contributed by atoms with Gasteiger partial charge in [0.15, 0.2) is 0 Å². The zero-order chi connectivity index (χ0) is 13.0. The number of carbonyl (C=O) groups is 1. The van der Waals surface area contributed by atoms with Gasteiger partial charge in [0.05, 0.1) is 11.8 Å². The van der Waals surface area contributed by atoms with E-state index in [1.807, 2.05) is 21.0 Å². The third-order valence-electron chi connectivity index (χ3n) is 2.98. The molecule has 0 spiro atoms. The summed E-state index contributed by atoms with van der Waals surface area (Å²) < 4.78 is 0. The molecule has 0 aliphatic rings. The van der Waals surface area contributed by atoms with Gasteiger partial charge in [0.2, 0.25) is 0 Å². The maximum Gasteiger partial charge on any atom is 0.254 e. The lowest BCUT2D eigenvalue weighted by atomic mass is 10.0. The fourth-order valence-electron chi connectivity index (χ4n) is 1.89. The van der Waals surface area contributed by atoms with Gasteiger partial charge in [0, 0.05) is 18.3 Å². The maximum absolute atomic E-state index is 11.9. The van der Waals surface area contributed by atoms with Gasteiger partial charge in [-0.2, -0.15) is 5.10 Å². The van der Waals surface area contributed by atoms with Crippen LogP contribution in [0.4, 0.5) is 0 Å². The lowest BCUT2D eigenvalue weighted by Crippen LogP contribution is -2.43. The minimum Gasteiger partial charge on any atom is -0.350 e. The van der Waals surface area contributed by atoms with E-state index in [0.717, 1.165) is 5.69 Å². The third-order valence-corrected chi connectivity index (χ3v) is 2.98. The predicted octanol–water partition coefficient (Wildman–Crippen LogP) is 1.03.